The van der Waals surface area contributed by atoms with Crippen molar-refractivity contribution in [3.8, 4) is 5.75 Å². The zero-order valence-electron chi connectivity index (χ0n) is 12.1. The number of benzene rings is 1. The lowest BCUT2D eigenvalue weighted by Crippen LogP contribution is -2.22. The van der Waals surface area contributed by atoms with Crippen LogP contribution in [-0.2, 0) is 17.5 Å². The number of halogens is 3. The number of carbonyl (C=O) groups is 1. The van der Waals surface area contributed by atoms with Gasteiger partial charge < -0.3 is 10.1 Å². The Kier molecular flexibility index (Phi) is 5.38. The van der Waals surface area contributed by atoms with Crippen molar-refractivity contribution in [2.45, 2.75) is 12.7 Å². The Hall–Kier alpha value is -2.35. The molecule has 0 saturated heterocycles. The fraction of sp³-hybridized carbons (Fsp3) is 0.200. The molecule has 122 valence electrons. The van der Waals surface area contributed by atoms with E-state index in [4.69, 9.17) is 4.74 Å². The Morgan fingerprint density at radius 3 is 2.83 bits per heavy atom. The SMILES string of the molecule is COc1ccc(CNC(=O)/C=C/c2nccs2)c(C(F)(F)F)c1. The van der Waals surface area contributed by atoms with Crippen molar-refractivity contribution in [2.24, 2.45) is 0 Å². The summed E-state index contributed by atoms with van der Waals surface area (Å²) in [5, 5.41) is 4.82. The molecule has 0 atom stereocenters. The molecule has 8 heteroatoms. The van der Waals surface area contributed by atoms with E-state index in [2.05, 4.69) is 10.3 Å². The summed E-state index contributed by atoms with van der Waals surface area (Å²) in [5.74, 6) is -0.389. The number of methoxy groups -OCH3 is 1. The summed E-state index contributed by atoms with van der Waals surface area (Å²) in [5.41, 5.74) is -0.865. The highest BCUT2D eigenvalue weighted by molar-refractivity contribution is 7.10. The first-order valence-corrected chi connectivity index (χ1v) is 7.37. The third-order valence-electron chi connectivity index (χ3n) is 2.90. The average molecular weight is 342 g/mol. The van der Waals surface area contributed by atoms with Crippen LogP contribution in [0.15, 0.2) is 35.9 Å². The molecule has 1 amide bonds. The van der Waals surface area contributed by atoms with Crippen LogP contribution in [0.1, 0.15) is 16.1 Å². The van der Waals surface area contributed by atoms with E-state index in [9.17, 15) is 18.0 Å². The minimum atomic E-state index is -4.52. The van der Waals surface area contributed by atoms with E-state index in [1.165, 1.54) is 42.7 Å². The van der Waals surface area contributed by atoms with Crippen LogP contribution in [0.2, 0.25) is 0 Å². The maximum Gasteiger partial charge on any atom is 0.416 e. The normalized spacial score (nSPS) is 11.7. The zero-order chi connectivity index (χ0) is 16.9. The summed E-state index contributed by atoms with van der Waals surface area (Å²) >= 11 is 1.35. The third-order valence-corrected chi connectivity index (χ3v) is 3.64. The van der Waals surface area contributed by atoms with Crippen LogP contribution in [-0.4, -0.2) is 18.0 Å². The van der Waals surface area contributed by atoms with Crippen molar-refractivity contribution in [3.63, 3.8) is 0 Å². The van der Waals surface area contributed by atoms with E-state index in [0.717, 1.165) is 6.07 Å². The Labute approximate surface area is 134 Å². The Morgan fingerprint density at radius 1 is 1.43 bits per heavy atom. The van der Waals surface area contributed by atoms with Gasteiger partial charge in [-0.2, -0.15) is 13.2 Å². The molecule has 0 radical (unpaired) electrons. The number of hydrogen-bond acceptors (Lipinski definition) is 4. The van der Waals surface area contributed by atoms with Gasteiger partial charge in [0.2, 0.25) is 5.91 Å². The maximum absolute atomic E-state index is 13.0. The summed E-state index contributed by atoms with van der Waals surface area (Å²) in [7, 11) is 1.29. The summed E-state index contributed by atoms with van der Waals surface area (Å²) in [6.07, 6.45) is -0.200. The smallest absolute Gasteiger partial charge is 0.416 e. The first-order chi connectivity index (χ1) is 10.9. The molecule has 4 nitrogen and oxygen atoms in total. The van der Waals surface area contributed by atoms with Crippen molar-refractivity contribution >= 4 is 23.3 Å². The van der Waals surface area contributed by atoms with Crippen molar-refractivity contribution in [2.75, 3.05) is 7.11 Å². The lowest BCUT2D eigenvalue weighted by molar-refractivity contribution is -0.138. The van der Waals surface area contributed by atoms with Gasteiger partial charge in [0.1, 0.15) is 10.8 Å². The number of amides is 1. The predicted molar refractivity (Wildman–Crippen MR) is 81.0 cm³/mol. The molecule has 2 rings (SSSR count). The van der Waals surface area contributed by atoms with Crippen LogP contribution in [0.25, 0.3) is 6.08 Å². The average Bonchev–Trinajstić information content (AvgIpc) is 3.03. The molecule has 0 spiro atoms. The highest BCUT2D eigenvalue weighted by Crippen LogP contribution is 2.34. The number of alkyl halides is 3. The molecule has 0 saturated carbocycles. The second-order valence-corrected chi connectivity index (χ2v) is 5.37. The largest absolute Gasteiger partial charge is 0.497 e. The number of rotatable bonds is 5. The van der Waals surface area contributed by atoms with E-state index >= 15 is 0 Å². The third kappa shape index (κ3) is 4.82. The molecule has 1 heterocycles. The van der Waals surface area contributed by atoms with Gasteiger partial charge >= 0.3 is 6.18 Å². The first kappa shape index (κ1) is 17.0. The summed E-state index contributed by atoms with van der Waals surface area (Å²) in [6.45, 7) is -0.236. The van der Waals surface area contributed by atoms with E-state index in [1.54, 1.807) is 11.6 Å². The Bertz CT molecular complexity index is 697. The van der Waals surface area contributed by atoms with Gasteiger partial charge in [-0.05, 0) is 23.8 Å². The van der Waals surface area contributed by atoms with Crippen LogP contribution in [0.5, 0.6) is 5.75 Å². The Morgan fingerprint density at radius 2 is 2.22 bits per heavy atom. The van der Waals surface area contributed by atoms with E-state index < -0.39 is 17.6 Å². The van der Waals surface area contributed by atoms with Gasteiger partial charge in [0.05, 0.1) is 12.7 Å². The molecular formula is C15H13F3N2O2S. The molecule has 23 heavy (non-hydrogen) atoms. The monoisotopic (exact) mass is 342 g/mol. The molecular weight excluding hydrogens is 329 g/mol. The number of hydrogen-bond donors (Lipinski definition) is 1. The van der Waals surface area contributed by atoms with Gasteiger partial charge in [0.15, 0.2) is 0 Å². The lowest BCUT2D eigenvalue weighted by atomic mass is 10.1. The summed E-state index contributed by atoms with van der Waals surface area (Å²) in [6, 6.07) is 3.61. The van der Waals surface area contributed by atoms with Crippen LogP contribution in [0.4, 0.5) is 13.2 Å². The number of ether oxygens (including phenoxy) is 1. The van der Waals surface area contributed by atoms with Crippen molar-refractivity contribution in [1.29, 1.82) is 0 Å². The number of aromatic nitrogens is 1. The molecule has 0 bridgehead atoms. The van der Waals surface area contributed by atoms with Crippen LogP contribution in [0.3, 0.4) is 0 Å². The molecule has 2 aromatic rings. The Balaban J connectivity index is 2.06. The van der Waals surface area contributed by atoms with Crippen LogP contribution >= 0.6 is 11.3 Å². The second-order valence-electron chi connectivity index (χ2n) is 4.44. The van der Waals surface area contributed by atoms with E-state index in [1.807, 2.05) is 0 Å². The fourth-order valence-corrected chi connectivity index (χ4v) is 2.34. The van der Waals surface area contributed by atoms with Crippen molar-refractivity contribution < 1.29 is 22.7 Å². The number of thiazole rings is 1. The van der Waals surface area contributed by atoms with Crippen LogP contribution < -0.4 is 10.1 Å². The topological polar surface area (TPSA) is 51.2 Å². The van der Waals surface area contributed by atoms with Gasteiger partial charge in [0.25, 0.3) is 0 Å². The van der Waals surface area contributed by atoms with Gasteiger partial charge in [0, 0.05) is 24.2 Å². The molecule has 1 aromatic heterocycles. The lowest BCUT2D eigenvalue weighted by Gasteiger charge is -2.14. The summed E-state index contributed by atoms with van der Waals surface area (Å²) in [4.78, 5) is 15.6. The van der Waals surface area contributed by atoms with Crippen LogP contribution in [0, 0.1) is 0 Å². The molecule has 0 fully saturated rings. The van der Waals surface area contributed by atoms with Crippen molar-refractivity contribution in [1.82, 2.24) is 10.3 Å². The van der Waals surface area contributed by atoms with Gasteiger partial charge in [-0.3, -0.25) is 4.79 Å². The molecule has 0 aliphatic rings. The number of carbonyl (C=O) groups excluding carboxylic acids is 1. The highest BCUT2D eigenvalue weighted by Gasteiger charge is 2.33. The molecule has 1 aromatic carbocycles. The highest BCUT2D eigenvalue weighted by atomic mass is 32.1. The minimum absolute atomic E-state index is 0.0331. The van der Waals surface area contributed by atoms with E-state index in [-0.39, 0.29) is 17.9 Å². The molecule has 0 aliphatic heterocycles. The maximum atomic E-state index is 13.0. The molecule has 1 N–H and O–H groups in total. The van der Waals surface area contributed by atoms with Gasteiger partial charge in [-0.25, -0.2) is 4.98 Å². The number of nitrogens with zero attached hydrogens (tertiary/aromatic N) is 1. The first-order valence-electron chi connectivity index (χ1n) is 6.49. The molecule has 0 aliphatic carbocycles. The zero-order valence-corrected chi connectivity index (χ0v) is 12.9. The van der Waals surface area contributed by atoms with Gasteiger partial charge in [-0.15, -0.1) is 11.3 Å². The summed E-state index contributed by atoms with van der Waals surface area (Å²) < 4.78 is 43.9. The fourth-order valence-electron chi connectivity index (χ4n) is 1.81. The predicted octanol–water partition coefficient (Wildman–Crippen LogP) is 3.50. The number of nitrogens with one attached hydrogen (secondary N) is 1. The standard InChI is InChI=1S/C15H13F3N2O2S/c1-22-11-3-2-10(12(8-11)15(16,17)18)9-20-13(21)4-5-14-19-6-7-23-14/h2-8H,9H2,1H3,(H,20,21)/b5-4+. The van der Waals surface area contributed by atoms with Gasteiger partial charge in [-0.1, -0.05) is 6.07 Å². The van der Waals surface area contributed by atoms with E-state index in [0.29, 0.717) is 5.01 Å². The molecule has 0 unspecified atom stereocenters. The quantitative estimate of drug-likeness (QED) is 0.846. The minimum Gasteiger partial charge on any atom is -0.497 e. The second kappa shape index (κ2) is 7.28. The van der Waals surface area contributed by atoms with Crippen molar-refractivity contribution in [3.05, 3.63) is 52.0 Å².